The highest BCUT2D eigenvalue weighted by Crippen LogP contribution is 2.25. The van der Waals surface area contributed by atoms with Crippen LogP contribution in [0.15, 0.2) is 29.3 Å². The number of guanidine groups is 1. The number of likely N-dealkylation sites (N-methyl/N-ethyl adjacent to an activating group) is 1. The standard InChI is InChI=1S/C21H35N5O2.HI/c1-4-22-20(27)16-25-21(23-5-2)24-15-19(26-13-7-6-8-14-26)17-9-11-18(28-3)12-10-17;/h9-12,19H,4-8,13-16H2,1-3H3,(H,22,27)(H2,23,24,25);1H. The van der Waals surface area contributed by atoms with Crippen molar-refractivity contribution < 1.29 is 9.53 Å². The Morgan fingerprint density at radius 2 is 1.72 bits per heavy atom. The van der Waals surface area contributed by atoms with Crippen LogP contribution in [0.25, 0.3) is 0 Å². The van der Waals surface area contributed by atoms with Crippen LogP contribution in [0.2, 0.25) is 0 Å². The average molecular weight is 517 g/mol. The third kappa shape index (κ3) is 8.77. The molecular formula is C21H36IN5O2. The number of aliphatic imine (C=N–C) groups is 1. The van der Waals surface area contributed by atoms with Crippen LogP contribution < -0.4 is 20.7 Å². The maximum absolute atomic E-state index is 11.7. The fourth-order valence-corrected chi connectivity index (χ4v) is 3.45. The zero-order valence-corrected chi connectivity index (χ0v) is 20.2. The number of halogens is 1. The van der Waals surface area contributed by atoms with E-state index >= 15 is 0 Å². The van der Waals surface area contributed by atoms with Gasteiger partial charge in [-0.3, -0.25) is 9.69 Å². The number of amides is 1. The molecule has 3 N–H and O–H groups in total. The minimum absolute atomic E-state index is 0. The summed E-state index contributed by atoms with van der Waals surface area (Å²) in [6.45, 7) is 8.35. The Morgan fingerprint density at radius 1 is 1.07 bits per heavy atom. The number of hydrogen-bond acceptors (Lipinski definition) is 4. The van der Waals surface area contributed by atoms with Crippen molar-refractivity contribution in [2.45, 2.75) is 39.2 Å². The fraction of sp³-hybridized carbons (Fsp3) is 0.619. The van der Waals surface area contributed by atoms with Gasteiger partial charge in [-0.25, -0.2) is 4.99 Å². The largest absolute Gasteiger partial charge is 0.497 e. The molecular weight excluding hydrogens is 481 g/mol. The first-order valence-corrected chi connectivity index (χ1v) is 10.3. The maximum Gasteiger partial charge on any atom is 0.241 e. The van der Waals surface area contributed by atoms with Crippen molar-refractivity contribution in [2.75, 3.05) is 46.4 Å². The molecule has 1 amide bonds. The van der Waals surface area contributed by atoms with Crippen LogP contribution in [0.4, 0.5) is 0 Å². The van der Waals surface area contributed by atoms with Gasteiger partial charge in [0.2, 0.25) is 5.91 Å². The van der Waals surface area contributed by atoms with Crippen LogP contribution in [0.3, 0.4) is 0 Å². The fourth-order valence-electron chi connectivity index (χ4n) is 3.45. The van der Waals surface area contributed by atoms with E-state index in [0.717, 1.165) is 31.9 Å². The van der Waals surface area contributed by atoms with Crippen LogP contribution in [0.1, 0.15) is 44.7 Å². The zero-order chi connectivity index (χ0) is 20.2. The molecule has 0 spiro atoms. The van der Waals surface area contributed by atoms with Crippen molar-refractivity contribution in [3.05, 3.63) is 29.8 Å². The molecule has 29 heavy (non-hydrogen) atoms. The van der Waals surface area contributed by atoms with Crippen LogP contribution in [0.5, 0.6) is 5.75 Å². The van der Waals surface area contributed by atoms with Gasteiger partial charge in [0.1, 0.15) is 12.3 Å². The molecule has 1 unspecified atom stereocenters. The molecule has 0 radical (unpaired) electrons. The Labute approximate surface area is 192 Å². The van der Waals surface area contributed by atoms with Crippen molar-refractivity contribution in [2.24, 2.45) is 4.99 Å². The van der Waals surface area contributed by atoms with Gasteiger partial charge >= 0.3 is 0 Å². The summed E-state index contributed by atoms with van der Waals surface area (Å²) < 4.78 is 5.30. The van der Waals surface area contributed by atoms with Gasteiger partial charge in [0.15, 0.2) is 5.96 Å². The number of hydrogen-bond donors (Lipinski definition) is 3. The highest BCUT2D eigenvalue weighted by molar-refractivity contribution is 14.0. The van der Waals surface area contributed by atoms with Gasteiger partial charge in [-0.15, -0.1) is 24.0 Å². The summed E-state index contributed by atoms with van der Waals surface area (Å²) in [6, 6.07) is 8.55. The molecule has 8 heteroatoms. The van der Waals surface area contributed by atoms with Crippen LogP contribution in [-0.2, 0) is 4.79 Å². The molecule has 1 saturated heterocycles. The first-order chi connectivity index (χ1) is 13.7. The number of likely N-dealkylation sites (tertiary alicyclic amines) is 1. The van der Waals surface area contributed by atoms with Crippen molar-refractivity contribution in [1.82, 2.24) is 20.9 Å². The summed E-state index contributed by atoms with van der Waals surface area (Å²) in [7, 11) is 1.69. The minimum Gasteiger partial charge on any atom is -0.497 e. The number of carbonyl (C=O) groups excluding carboxylic acids is 1. The average Bonchev–Trinajstić information content (AvgIpc) is 2.73. The van der Waals surface area contributed by atoms with E-state index in [9.17, 15) is 4.79 Å². The second kappa shape index (κ2) is 14.4. The number of nitrogens with one attached hydrogen (secondary N) is 3. The molecule has 7 nitrogen and oxygen atoms in total. The van der Waals surface area contributed by atoms with Gasteiger partial charge in [-0.2, -0.15) is 0 Å². The van der Waals surface area contributed by atoms with E-state index in [2.05, 4.69) is 38.0 Å². The topological polar surface area (TPSA) is 78.0 Å². The molecule has 1 fully saturated rings. The van der Waals surface area contributed by atoms with E-state index in [1.807, 2.05) is 26.0 Å². The Morgan fingerprint density at radius 3 is 2.31 bits per heavy atom. The van der Waals surface area contributed by atoms with Crippen LogP contribution in [0, 0.1) is 0 Å². The zero-order valence-electron chi connectivity index (χ0n) is 17.9. The summed E-state index contributed by atoms with van der Waals surface area (Å²) in [4.78, 5) is 18.7. The third-order valence-electron chi connectivity index (χ3n) is 4.89. The number of nitrogens with zero attached hydrogens (tertiary/aromatic N) is 2. The van der Waals surface area contributed by atoms with Crippen molar-refractivity contribution in [1.29, 1.82) is 0 Å². The number of rotatable bonds is 9. The van der Waals surface area contributed by atoms with Crippen LogP contribution in [-0.4, -0.2) is 63.1 Å². The Kier molecular flexibility index (Phi) is 12.7. The van der Waals surface area contributed by atoms with Gasteiger partial charge in [-0.1, -0.05) is 18.6 Å². The quantitative estimate of drug-likeness (QED) is 0.267. The number of piperidine rings is 1. The lowest BCUT2D eigenvalue weighted by Gasteiger charge is -2.35. The van der Waals surface area contributed by atoms with E-state index in [-0.39, 0.29) is 42.5 Å². The lowest BCUT2D eigenvalue weighted by molar-refractivity contribution is -0.119. The first kappa shape index (κ1) is 25.5. The minimum atomic E-state index is -0.0672. The highest BCUT2D eigenvalue weighted by atomic mass is 127. The smallest absolute Gasteiger partial charge is 0.241 e. The van der Waals surface area contributed by atoms with Gasteiger partial charge in [0.05, 0.1) is 13.2 Å². The number of benzene rings is 1. The molecule has 1 heterocycles. The van der Waals surface area contributed by atoms with Gasteiger partial charge in [0.25, 0.3) is 0 Å². The lowest BCUT2D eigenvalue weighted by atomic mass is 10.0. The van der Waals surface area contributed by atoms with Crippen LogP contribution >= 0.6 is 24.0 Å². The number of methoxy groups -OCH3 is 1. The number of carbonyl (C=O) groups is 1. The van der Waals surface area contributed by atoms with Gasteiger partial charge < -0.3 is 20.7 Å². The normalized spacial score (nSPS) is 15.8. The summed E-state index contributed by atoms with van der Waals surface area (Å²) >= 11 is 0. The predicted octanol–water partition coefficient (Wildman–Crippen LogP) is 2.53. The van der Waals surface area contributed by atoms with Gasteiger partial charge in [0, 0.05) is 19.6 Å². The molecule has 1 aromatic carbocycles. The Balaban J connectivity index is 0.00000420. The van der Waals surface area contributed by atoms with E-state index in [1.54, 1.807) is 7.11 Å². The molecule has 0 aliphatic carbocycles. The van der Waals surface area contributed by atoms with E-state index in [0.29, 0.717) is 12.5 Å². The first-order valence-electron chi connectivity index (χ1n) is 10.3. The summed E-state index contributed by atoms with van der Waals surface area (Å²) in [5.74, 6) is 1.47. The van der Waals surface area contributed by atoms with Crippen molar-refractivity contribution in [3.8, 4) is 5.75 Å². The third-order valence-corrected chi connectivity index (χ3v) is 4.89. The summed E-state index contributed by atoms with van der Waals surface area (Å²) in [5.41, 5.74) is 1.26. The van der Waals surface area contributed by atoms with Crippen molar-refractivity contribution in [3.63, 3.8) is 0 Å². The Hall–Kier alpha value is -1.55. The van der Waals surface area contributed by atoms with Gasteiger partial charge in [-0.05, 0) is 57.5 Å². The maximum atomic E-state index is 11.7. The molecule has 0 saturated carbocycles. The predicted molar refractivity (Wildman–Crippen MR) is 129 cm³/mol. The lowest BCUT2D eigenvalue weighted by Crippen LogP contribution is -2.44. The molecule has 164 valence electrons. The van der Waals surface area contributed by atoms with E-state index < -0.39 is 0 Å². The summed E-state index contributed by atoms with van der Waals surface area (Å²) in [5, 5.41) is 9.43. The molecule has 1 aliphatic rings. The molecule has 1 aliphatic heterocycles. The van der Waals surface area contributed by atoms with E-state index in [1.165, 1.54) is 24.8 Å². The number of ether oxygens (including phenoxy) is 1. The molecule has 1 atom stereocenters. The molecule has 2 rings (SSSR count). The second-order valence-corrected chi connectivity index (χ2v) is 6.92. The second-order valence-electron chi connectivity index (χ2n) is 6.92. The summed E-state index contributed by atoms with van der Waals surface area (Å²) in [6.07, 6.45) is 3.77. The molecule has 1 aromatic rings. The Bertz CT molecular complexity index is 618. The highest BCUT2D eigenvalue weighted by Gasteiger charge is 2.22. The molecule has 0 bridgehead atoms. The molecule has 0 aromatic heterocycles. The SMILES string of the molecule is CCNC(=O)CN=C(NCC)NCC(c1ccc(OC)cc1)N1CCCCC1.I. The monoisotopic (exact) mass is 517 g/mol. The van der Waals surface area contributed by atoms with E-state index in [4.69, 9.17) is 4.74 Å². The van der Waals surface area contributed by atoms with Crippen molar-refractivity contribution >= 4 is 35.8 Å².